The van der Waals surface area contributed by atoms with Gasteiger partial charge in [-0.3, -0.25) is 4.68 Å². The zero-order valence-electron chi connectivity index (χ0n) is 13.1. The van der Waals surface area contributed by atoms with Crippen LogP contribution in [0.4, 0.5) is 0 Å². The zero-order chi connectivity index (χ0) is 16.7. The highest BCUT2D eigenvalue weighted by Gasteiger charge is 2.23. The minimum Gasteiger partial charge on any atom is -0.252 e. The third kappa shape index (κ3) is 5.23. The van der Waals surface area contributed by atoms with E-state index in [0.29, 0.717) is 16.6 Å². The van der Waals surface area contributed by atoms with Crippen molar-refractivity contribution in [2.45, 2.75) is 39.2 Å². The highest BCUT2D eigenvalue weighted by Crippen LogP contribution is 2.29. The Morgan fingerprint density at radius 3 is 2.78 bits per heavy atom. The van der Waals surface area contributed by atoms with Crippen LogP contribution in [0.15, 0.2) is 30.9 Å². The van der Waals surface area contributed by atoms with Gasteiger partial charge in [0.05, 0.1) is 18.5 Å². The molecule has 6 heteroatoms. The van der Waals surface area contributed by atoms with Gasteiger partial charge in [0.2, 0.25) is 0 Å². The quantitative estimate of drug-likeness (QED) is 0.688. The topological polar surface area (TPSA) is 54.5 Å². The van der Waals surface area contributed by atoms with Crippen LogP contribution in [0, 0.1) is 23.2 Å². The van der Waals surface area contributed by atoms with Gasteiger partial charge in [-0.1, -0.05) is 49.0 Å². The van der Waals surface area contributed by atoms with E-state index < -0.39 is 0 Å². The molecule has 23 heavy (non-hydrogen) atoms. The van der Waals surface area contributed by atoms with Gasteiger partial charge in [0, 0.05) is 10.0 Å². The predicted molar refractivity (Wildman–Crippen MR) is 92.3 cm³/mol. The van der Waals surface area contributed by atoms with Crippen molar-refractivity contribution in [3.8, 4) is 6.07 Å². The molecule has 0 saturated heterocycles. The second-order valence-electron chi connectivity index (χ2n) is 5.70. The average molecular weight is 351 g/mol. The Morgan fingerprint density at radius 2 is 2.17 bits per heavy atom. The molecule has 1 heterocycles. The molecule has 122 valence electrons. The summed E-state index contributed by atoms with van der Waals surface area (Å²) in [5.74, 6) is 0.0952. The Labute approximate surface area is 147 Å². The number of hydrogen-bond donors (Lipinski definition) is 0. The van der Waals surface area contributed by atoms with Gasteiger partial charge in [0.15, 0.2) is 0 Å². The van der Waals surface area contributed by atoms with E-state index in [1.807, 2.05) is 12.1 Å². The SMILES string of the molecule is CCCCC(Cc1ccc(Cl)cc1Cl)C(C#N)Cn1cncn1. The second kappa shape index (κ2) is 8.90. The molecule has 0 aliphatic rings. The number of nitrogens with zero attached hydrogens (tertiary/aromatic N) is 4. The van der Waals surface area contributed by atoms with Crippen molar-refractivity contribution >= 4 is 23.2 Å². The van der Waals surface area contributed by atoms with Crippen molar-refractivity contribution in [2.75, 3.05) is 0 Å². The smallest absolute Gasteiger partial charge is 0.137 e. The monoisotopic (exact) mass is 350 g/mol. The maximum atomic E-state index is 9.62. The summed E-state index contributed by atoms with van der Waals surface area (Å²) in [6, 6.07) is 8.00. The summed E-state index contributed by atoms with van der Waals surface area (Å²) in [6.45, 7) is 2.71. The molecule has 0 aliphatic carbocycles. The fourth-order valence-electron chi connectivity index (χ4n) is 2.71. The number of halogens is 2. The lowest BCUT2D eigenvalue weighted by atomic mass is 9.83. The highest BCUT2D eigenvalue weighted by atomic mass is 35.5. The molecule has 2 rings (SSSR count). The minimum atomic E-state index is -0.130. The van der Waals surface area contributed by atoms with Crippen LogP contribution in [-0.4, -0.2) is 14.8 Å². The number of nitriles is 1. The maximum Gasteiger partial charge on any atom is 0.137 e. The standard InChI is InChI=1S/C17H20Cl2N4/c1-2-3-4-13(7-14-5-6-16(18)8-17(14)19)15(9-20)10-23-12-21-11-22-23/h5-6,8,11-13,15H,2-4,7,10H2,1H3. The molecular formula is C17H20Cl2N4. The highest BCUT2D eigenvalue weighted by molar-refractivity contribution is 6.35. The number of unbranched alkanes of at least 4 members (excludes halogenated alkanes) is 1. The molecule has 0 spiro atoms. The third-order valence-corrected chi connectivity index (χ3v) is 4.60. The van der Waals surface area contributed by atoms with E-state index in [4.69, 9.17) is 23.2 Å². The van der Waals surface area contributed by atoms with Crippen LogP contribution in [0.2, 0.25) is 10.0 Å². The van der Waals surface area contributed by atoms with Gasteiger partial charge in [0.25, 0.3) is 0 Å². The molecule has 1 aromatic carbocycles. The first-order valence-corrected chi connectivity index (χ1v) is 8.55. The molecule has 0 N–H and O–H groups in total. The first-order chi connectivity index (χ1) is 11.1. The van der Waals surface area contributed by atoms with E-state index in [9.17, 15) is 5.26 Å². The van der Waals surface area contributed by atoms with Crippen LogP contribution in [0.3, 0.4) is 0 Å². The van der Waals surface area contributed by atoms with Gasteiger partial charge in [-0.25, -0.2) is 4.98 Å². The van der Waals surface area contributed by atoms with Gasteiger partial charge in [-0.2, -0.15) is 10.4 Å². The predicted octanol–water partition coefficient (Wildman–Crippen LogP) is 4.77. The third-order valence-electron chi connectivity index (χ3n) is 4.01. The summed E-state index contributed by atoms with van der Waals surface area (Å²) in [5, 5.41) is 15.0. The average Bonchev–Trinajstić information content (AvgIpc) is 3.04. The van der Waals surface area contributed by atoms with Crippen LogP contribution in [-0.2, 0) is 13.0 Å². The number of hydrogen-bond acceptors (Lipinski definition) is 3. The van der Waals surface area contributed by atoms with Crippen molar-refractivity contribution in [3.05, 3.63) is 46.5 Å². The van der Waals surface area contributed by atoms with E-state index in [-0.39, 0.29) is 11.8 Å². The Kier molecular flexibility index (Phi) is 6.88. The van der Waals surface area contributed by atoms with E-state index in [1.54, 1.807) is 17.1 Å². The summed E-state index contributed by atoms with van der Waals surface area (Å²) < 4.78 is 1.72. The van der Waals surface area contributed by atoms with E-state index >= 15 is 0 Å². The number of benzene rings is 1. The Morgan fingerprint density at radius 1 is 1.35 bits per heavy atom. The summed E-state index contributed by atoms with van der Waals surface area (Å²) in [6.07, 6.45) is 7.09. The van der Waals surface area contributed by atoms with Crippen molar-refractivity contribution in [1.29, 1.82) is 5.26 Å². The van der Waals surface area contributed by atoms with Crippen molar-refractivity contribution < 1.29 is 0 Å². The minimum absolute atomic E-state index is 0.130. The van der Waals surface area contributed by atoms with Crippen LogP contribution in [0.25, 0.3) is 0 Å². The van der Waals surface area contributed by atoms with E-state index in [0.717, 1.165) is 31.2 Å². The van der Waals surface area contributed by atoms with Crippen LogP contribution in [0.5, 0.6) is 0 Å². The Hall–Kier alpha value is -1.57. The second-order valence-corrected chi connectivity index (χ2v) is 6.54. The zero-order valence-corrected chi connectivity index (χ0v) is 14.6. The molecule has 0 bridgehead atoms. The molecule has 0 radical (unpaired) electrons. The lowest BCUT2D eigenvalue weighted by Crippen LogP contribution is -2.22. The summed E-state index contributed by atoms with van der Waals surface area (Å²) >= 11 is 12.3. The maximum absolute atomic E-state index is 9.62. The fourth-order valence-corrected chi connectivity index (χ4v) is 3.19. The molecular weight excluding hydrogens is 331 g/mol. The van der Waals surface area contributed by atoms with Crippen LogP contribution in [0.1, 0.15) is 31.7 Å². The van der Waals surface area contributed by atoms with Gasteiger partial charge < -0.3 is 0 Å². The number of rotatable bonds is 8. The van der Waals surface area contributed by atoms with Gasteiger partial charge in [-0.15, -0.1) is 0 Å². The molecule has 0 amide bonds. The first kappa shape index (κ1) is 17.8. The van der Waals surface area contributed by atoms with Crippen molar-refractivity contribution in [3.63, 3.8) is 0 Å². The fraction of sp³-hybridized carbons (Fsp3) is 0.471. The largest absolute Gasteiger partial charge is 0.252 e. The van der Waals surface area contributed by atoms with E-state index in [2.05, 4.69) is 23.1 Å². The molecule has 1 aromatic heterocycles. The van der Waals surface area contributed by atoms with E-state index in [1.165, 1.54) is 6.33 Å². The first-order valence-electron chi connectivity index (χ1n) is 7.80. The lowest BCUT2D eigenvalue weighted by Gasteiger charge is -2.22. The number of aromatic nitrogens is 3. The van der Waals surface area contributed by atoms with Gasteiger partial charge in [-0.05, 0) is 36.5 Å². The Balaban J connectivity index is 2.15. The molecule has 2 aromatic rings. The molecule has 2 atom stereocenters. The molecule has 0 aliphatic heterocycles. The summed E-state index contributed by atoms with van der Waals surface area (Å²) in [4.78, 5) is 3.95. The summed E-state index contributed by atoms with van der Waals surface area (Å²) in [7, 11) is 0. The van der Waals surface area contributed by atoms with Gasteiger partial charge >= 0.3 is 0 Å². The van der Waals surface area contributed by atoms with Crippen molar-refractivity contribution in [2.24, 2.45) is 11.8 Å². The summed E-state index contributed by atoms with van der Waals surface area (Å²) in [5.41, 5.74) is 1.04. The Bertz CT molecular complexity index is 649. The molecule has 0 fully saturated rings. The van der Waals surface area contributed by atoms with Crippen LogP contribution < -0.4 is 0 Å². The molecule has 4 nitrogen and oxygen atoms in total. The molecule has 0 saturated carbocycles. The molecule has 2 unspecified atom stereocenters. The normalized spacial score (nSPS) is 13.5. The van der Waals surface area contributed by atoms with Crippen LogP contribution >= 0.6 is 23.2 Å². The van der Waals surface area contributed by atoms with Gasteiger partial charge in [0.1, 0.15) is 12.7 Å². The van der Waals surface area contributed by atoms with Crippen molar-refractivity contribution in [1.82, 2.24) is 14.8 Å². The lowest BCUT2D eigenvalue weighted by molar-refractivity contribution is 0.319.